The second-order valence-corrected chi connectivity index (χ2v) is 4.50. The Balaban J connectivity index is 1.76. The number of hydrogen-bond acceptors (Lipinski definition) is 3. The highest BCUT2D eigenvalue weighted by Gasteiger charge is 2.27. The third-order valence-electron chi connectivity index (χ3n) is 2.86. The van der Waals surface area contributed by atoms with Crippen LogP contribution in [0.4, 0.5) is 0 Å². The lowest BCUT2D eigenvalue weighted by atomic mass is 10.4. The molecule has 0 saturated heterocycles. The Morgan fingerprint density at radius 3 is 2.87 bits per heavy atom. The minimum atomic E-state index is -0.0994. The Labute approximate surface area is 87.7 Å². The lowest BCUT2D eigenvalue weighted by Gasteiger charge is -2.04. The van der Waals surface area contributed by atoms with Gasteiger partial charge in [0.25, 0.3) is 5.56 Å². The molecule has 0 aromatic carbocycles. The first-order chi connectivity index (χ1) is 7.31. The minimum absolute atomic E-state index is 0.0994. The molecule has 1 N–H and O–H groups in total. The van der Waals surface area contributed by atoms with Crippen molar-refractivity contribution in [3.8, 4) is 5.88 Å². The number of aromatic amines is 1. The van der Waals surface area contributed by atoms with Crippen molar-refractivity contribution in [3.05, 3.63) is 22.2 Å². The summed E-state index contributed by atoms with van der Waals surface area (Å²) in [6.45, 7) is 0.709. The predicted octanol–water partition coefficient (Wildman–Crippen LogP) is 1.44. The molecule has 15 heavy (non-hydrogen) atoms. The van der Waals surface area contributed by atoms with Crippen LogP contribution in [0, 0.1) is 5.92 Å². The fraction of sp³-hybridized carbons (Fsp3) is 0.636. The molecule has 4 heteroatoms. The van der Waals surface area contributed by atoms with Gasteiger partial charge in [0, 0.05) is 5.92 Å². The third-order valence-corrected chi connectivity index (χ3v) is 2.86. The van der Waals surface area contributed by atoms with Crippen LogP contribution in [-0.2, 0) is 0 Å². The van der Waals surface area contributed by atoms with Crippen molar-refractivity contribution in [2.45, 2.75) is 31.6 Å². The zero-order chi connectivity index (χ0) is 10.3. The first kappa shape index (κ1) is 8.95. The van der Waals surface area contributed by atoms with E-state index in [1.165, 1.54) is 18.9 Å². The summed E-state index contributed by atoms with van der Waals surface area (Å²) in [4.78, 5) is 18.4. The van der Waals surface area contributed by atoms with Gasteiger partial charge in [-0.05, 0) is 31.6 Å². The molecule has 2 aliphatic carbocycles. The molecule has 3 rings (SSSR count). The molecule has 2 fully saturated rings. The molecule has 0 spiro atoms. The van der Waals surface area contributed by atoms with Gasteiger partial charge in [-0.25, -0.2) is 0 Å². The van der Waals surface area contributed by atoms with E-state index in [1.54, 1.807) is 0 Å². The maximum atomic E-state index is 11.3. The van der Waals surface area contributed by atoms with E-state index in [4.69, 9.17) is 4.74 Å². The van der Waals surface area contributed by atoms with Crippen LogP contribution >= 0.6 is 0 Å². The quantitative estimate of drug-likeness (QED) is 0.810. The number of nitrogens with zero attached hydrogens (tertiary/aromatic N) is 1. The van der Waals surface area contributed by atoms with Crippen molar-refractivity contribution in [2.24, 2.45) is 5.92 Å². The fourth-order valence-electron chi connectivity index (χ4n) is 1.57. The monoisotopic (exact) mass is 206 g/mol. The van der Waals surface area contributed by atoms with Crippen molar-refractivity contribution in [1.82, 2.24) is 9.97 Å². The summed E-state index contributed by atoms with van der Waals surface area (Å²) in [5.41, 5.74) is -0.0994. The second kappa shape index (κ2) is 3.36. The Hall–Kier alpha value is -1.32. The molecule has 1 heterocycles. The molecule has 1 aromatic heterocycles. The van der Waals surface area contributed by atoms with Crippen LogP contribution in [0.15, 0.2) is 10.9 Å². The number of ether oxygens (including phenoxy) is 1. The lowest BCUT2D eigenvalue weighted by molar-refractivity contribution is 0.286. The topological polar surface area (TPSA) is 55.0 Å². The van der Waals surface area contributed by atoms with Crippen LogP contribution in [-0.4, -0.2) is 16.6 Å². The van der Waals surface area contributed by atoms with E-state index in [2.05, 4.69) is 9.97 Å². The van der Waals surface area contributed by atoms with Crippen molar-refractivity contribution in [2.75, 3.05) is 6.61 Å². The molecule has 0 aliphatic heterocycles. The zero-order valence-corrected chi connectivity index (χ0v) is 8.53. The summed E-state index contributed by atoms with van der Waals surface area (Å²) >= 11 is 0. The van der Waals surface area contributed by atoms with Crippen LogP contribution in [0.3, 0.4) is 0 Å². The minimum Gasteiger partial charge on any atom is -0.477 e. The van der Waals surface area contributed by atoms with Crippen molar-refractivity contribution in [3.63, 3.8) is 0 Å². The highest BCUT2D eigenvalue weighted by molar-refractivity contribution is 5.14. The average Bonchev–Trinajstić information content (AvgIpc) is 3.06. The molecular formula is C11H14N2O2. The van der Waals surface area contributed by atoms with Gasteiger partial charge in [0.2, 0.25) is 5.88 Å². The van der Waals surface area contributed by atoms with Crippen LogP contribution < -0.4 is 10.3 Å². The number of nitrogens with one attached hydrogen (secondary N) is 1. The smallest absolute Gasteiger partial charge is 0.254 e. The highest BCUT2D eigenvalue weighted by Crippen LogP contribution is 2.38. The van der Waals surface area contributed by atoms with Crippen molar-refractivity contribution >= 4 is 0 Å². The number of rotatable bonds is 4. The van der Waals surface area contributed by atoms with E-state index >= 15 is 0 Å². The van der Waals surface area contributed by atoms with Crippen LogP contribution in [0.25, 0.3) is 0 Å². The molecule has 0 bridgehead atoms. The van der Waals surface area contributed by atoms with E-state index in [0.29, 0.717) is 24.3 Å². The maximum absolute atomic E-state index is 11.3. The fourth-order valence-corrected chi connectivity index (χ4v) is 1.57. The van der Waals surface area contributed by atoms with Crippen LogP contribution in [0.1, 0.15) is 37.4 Å². The van der Waals surface area contributed by atoms with Gasteiger partial charge in [0.1, 0.15) is 5.82 Å². The summed E-state index contributed by atoms with van der Waals surface area (Å²) in [7, 11) is 0. The Bertz CT molecular complexity index is 419. The van der Waals surface area contributed by atoms with Crippen LogP contribution in [0.5, 0.6) is 5.88 Å². The first-order valence-corrected chi connectivity index (χ1v) is 5.55. The van der Waals surface area contributed by atoms with Crippen molar-refractivity contribution in [1.29, 1.82) is 0 Å². The van der Waals surface area contributed by atoms with E-state index in [-0.39, 0.29) is 5.56 Å². The van der Waals surface area contributed by atoms with E-state index in [1.807, 2.05) is 0 Å². The molecule has 2 aliphatic rings. The second-order valence-electron chi connectivity index (χ2n) is 4.50. The van der Waals surface area contributed by atoms with Gasteiger partial charge in [0.05, 0.1) is 12.7 Å². The first-order valence-electron chi connectivity index (χ1n) is 5.55. The van der Waals surface area contributed by atoms with E-state index < -0.39 is 0 Å². The number of H-pyrrole nitrogens is 1. The third kappa shape index (κ3) is 2.19. The molecule has 0 atom stereocenters. The van der Waals surface area contributed by atoms with E-state index in [9.17, 15) is 4.79 Å². The standard InChI is InChI=1S/C11H14N2O2/c14-9-5-10(15-6-7-1-2-7)13-11(12-9)8-3-4-8/h5,7-8H,1-4,6H2,(H,12,13,14). The van der Waals surface area contributed by atoms with Gasteiger partial charge < -0.3 is 9.72 Å². The Morgan fingerprint density at radius 1 is 1.40 bits per heavy atom. The molecular weight excluding hydrogens is 192 g/mol. The van der Waals surface area contributed by atoms with Gasteiger partial charge >= 0.3 is 0 Å². The molecule has 0 radical (unpaired) electrons. The summed E-state index contributed by atoms with van der Waals surface area (Å²) in [6.07, 6.45) is 4.77. The molecule has 4 nitrogen and oxygen atoms in total. The lowest BCUT2D eigenvalue weighted by Crippen LogP contribution is -2.12. The molecule has 0 amide bonds. The summed E-state index contributed by atoms with van der Waals surface area (Å²) in [6, 6.07) is 1.44. The molecule has 1 aromatic rings. The Kier molecular flexibility index (Phi) is 2.01. The molecule has 2 saturated carbocycles. The van der Waals surface area contributed by atoms with Gasteiger partial charge in [-0.3, -0.25) is 4.79 Å². The Morgan fingerprint density at radius 2 is 2.20 bits per heavy atom. The van der Waals surface area contributed by atoms with E-state index in [0.717, 1.165) is 18.7 Å². The van der Waals surface area contributed by atoms with Gasteiger partial charge in [0.15, 0.2) is 0 Å². The normalized spacial score (nSPS) is 20.3. The van der Waals surface area contributed by atoms with Gasteiger partial charge in [-0.1, -0.05) is 0 Å². The SMILES string of the molecule is O=c1cc(OCC2CC2)nc(C2CC2)[nH]1. The average molecular weight is 206 g/mol. The van der Waals surface area contributed by atoms with Gasteiger partial charge in [-0.2, -0.15) is 4.98 Å². The predicted molar refractivity (Wildman–Crippen MR) is 55.1 cm³/mol. The van der Waals surface area contributed by atoms with Crippen LogP contribution in [0.2, 0.25) is 0 Å². The summed E-state index contributed by atoms with van der Waals surface area (Å²) < 4.78 is 5.50. The zero-order valence-electron chi connectivity index (χ0n) is 8.53. The number of hydrogen-bond donors (Lipinski definition) is 1. The number of aromatic nitrogens is 2. The van der Waals surface area contributed by atoms with Gasteiger partial charge in [-0.15, -0.1) is 0 Å². The summed E-state index contributed by atoms with van der Waals surface area (Å²) in [5.74, 6) is 2.44. The van der Waals surface area contributed by atoms with Crippen molar-refractivity contribution < 1.29 is 4.74 Å². The maximum Gasteiger partial charge on any atom is 0.254 e. The largest absolute Gasteiger partial charge is 0.477 e. The molecule has 0 unspecified atom stereocenters. The highest BCUT2D eigenvalue weighted by atomic mass is 16.5. The summed E-state index contributed by atoms with van der Waals surface area (Å²) in [5, 5.41) is 0. The molecule has 80 valence electrons.